The van der Waals surface area contributed by atoms with E-state index in [4.69, 9.17) is 52.6 Å². The number of esters is 1. The first kappa shape index (κ1) is 31.6. The maximum absolute atomic E-state index is 13.1. The van der Waals surface area contributed by atoms with Crippen LogP contribution in [0.5, 0.6) is 28.7 Å². The number of halogens is 2. The monoisotopic (exact) mass is 644 g/mol. The van der Waals surface area contributed by atoms with Crippen molar-refractivity contribution in [3.8, 4) is 34.8 Å². The molecule has 2 N–H and O–H groups in total. The lowest BCUT2D eigenvalue weighted by Crippen LogP contribution is -2.21. The summed E-state index contributed by atoms with van der Waals surface area (Å²) in [4.78, 5) is 13.1. The maximum atomic E-state index is 13.1. The molecule has 45 heavy (non-hydrogen) atoms. The number of rotatable bonds is 11. The Hall–Kier alpha value is -4.84. The first-order valence-corrected chi connectivity index (χ1v) is 15.1. The molecule has 0 spiro atoms. The van der Waals surface area contributed by atoms with Crippen LogP contribution in [-0.4, -0.2) is 19.2 Å². The average Bonchev–Trinajstić information content (AvgIpc) is 3.03. The number of hydrogen-bond donors (Lipinski definition) is 1. The van der Waals surface area contributed by atoms with Crippen LogP contribution < -0.4 is 29.4 Å². The number of para-hydroxylation sites is 1. The summed E-state index contributed by atoms with van der Waals surface area (Å²) in [5.74, 6) is 0.824. The third kappa shape index (κ3) is 7.12. The quantitative estimate of drug-likeness (QED) is 0.128. The first-order valence-electron chi connectivity index (χ1n) is 14.3. The molecule has 0 saturated heterocycles. The van der Waals surface area contributed by atoms with Crippen LogP contribution in [0.2, 0.25) is 10.0 Å². The molecular weight excluding hydrogens is 615 g/mol. The first-order chi connectivity index (χ1) is 21.8. The second kappa shape index (κ2) is 14.3. The minimum Gasteiger partial charge on any atom is -0.493 e. The maximum Gasteiger partial charge on any atom is 0.347 e. The van der Waals surface area contributed by atoms with Gasteiger partial charge >= 0.3 is 5.97 Å². The van der Waals surface area contributed by atoms with Crippen LogP contribution in [0.4, 0.5) is 0 Å². The van der Waals surface area contributed by atoms with Gasteiger partial charge in [-0.1, -0.05) is 60.5 Å². The second-order valence-corrected chi connectivity index (χ2v) is 10.9. The fourth-order valence-corrected chi connectivity index (χ4v) is 5.33. The minimum atomic E-state index is -0.578. The van der Waals surface area contributed by atoms with Crippen LogP contribution in [0.15, 0.2) is 90.3 Å². The van der Waals surface area contributed by atoms with E-state index in [1.54, 1.807) is 66.7 Å². The summed E-state index contributed by atoms with van der Waals surface area (Å²) in [6, 6.07) is 24.7. The number of benzene rings is 4. The van der Waals surface area contributed by atoms with E-state index in [1.807, 2.05) is 26.0 Å². The van der Waals surface area contributed by atoms with Gasteiger partial charge in [-0.2, -0.15) is 5.26 Å². The van der Waals surface area contributed by atoms with Gasteiger partial charge in [-0.15, -0.1) is 0 Å². The lowest BCUT2D eigenvalue weighted by atomic mass is 9.83. The van der Waals surface area contributed by atoms with Crippen LogP contribution in [0, 0.1) is 11.3 Å². The van der Waals surface area contributed by atoms with Gasteiger partial charge in [0.25, 0.3) is 0 Å². The Bertz CT molecular complexity index is 1800. The summed E-state index contributed by atoms with van der Waals surface area (Å²) >= 11 is 12.3. The Balaban J connectivity index is 1.43. The Labute approximate surface area is 271 Å². The standard InChI is InChI=1S/C35H30Cl2N2O6/c1-3-15-42-29-8-6-5-7-26(29)35(40)44-24-12-13-25-31(18-24)45-34(39)27(19-38)33(25)21-10-14-30(32(16-21)41-4-2)43-20-22-9-11-23(36)17-28(22)37/h5-14,16-18,33H,3-4,15,20,39H2,1-2H3. The van der Waals surface area contributed by atoms with Gasteiger partial charge in [-0.05, 0) is 61.4 Å². The molecule has 0 aromatic heterocycles. The van der Waals surface area contributed by atoms with Crippen molar-refractivity contribution >= 4 is 29.2 Å². The van der Waals surface area contributed by atoms with E-state index in [9.17, 15) is 10.1 Å². The van der Waals surface area contributed by atoms with Crippen molar-refractivity contribution in [3.05, 3.63) is 123 Å². The molecule has 0 radical (unpaired) electrons. The number of nitriles is 1. The lowest BCUT2D eigenvalue weighted by Gasteiger charge is -2.27. The number of nitrogens with two attached hydrogens (primary N) is 1. The van der Waals surface area contributed by atoms with Gasteiger partial charge in [0.05, 0.1) is 19.1 Å². The van der Waals surface area contributed by atoms with Crippen molar-refractivity contribution in [2.24, 2.45) is 5.73 Å². The highest BCUT2D eigenvalue weighted by molar-refractivity contribution is 6.35. The Kier molecular flexibility index (Phi) is 10.0. The van der Waals surface area contributed by atoms with E-state index in [2.05, 4.69) is 6.07 Å². The lowest BCUT2D eigenvalue weighted by molar-refractivity contribution is 0.0730. The zero-order chi connectivity index (χ0) is 31.9. The topological polar surface area (TPSA) is 113 Å². The summed E-state index contributed by atoms with van der Waals surface area (Å²) < 4.78 is 29.2. The smallest absolute Gasteiger partial charge is 0.347 e. The number of carbonyl (C=O) groups is 1. The molecule has 0 aliphatic carbocycles. The summed E-state index contributed by atoms with van der Waals surface area (Å²) in [6.45, 7) is 4.91. The molecule has 0 saturated carbocycles. The van der Waals surface area contributed by atoms with Crippen molar-refractivity contribution in [1.82, 2.24) is 0 Å². The van der Waals surface area contributed by atoms with Crippen molar-refractivity contribution in [3.63, 3.8) is 0 Å². The van der Waals surface area contributed by atoms with E-state index < -0.39 is 11.9 Å². The highest BCUT2D eigenvalue weighted by Gasteiger charge is 2.32. The van der Waals surface area contributed by atoms with Gasteiger partial charge in [-0.25, -0.2) is 4.79 Å². The van der Waals surface area contributed by atoms with Gasteiger partial charge < -0.3 is 29.4 Å². The van der Waals surface area contributed by atoms with Gasteiger partial charge in [0.15, 0.2) is 11.5 Å². The predicted molar refractivity (Wildman–Crippen MR) is 171 cm³/mol. The van der Waals surface area contributed by atoms with Crippen LogP contribution in [0.25, 0.3) is 0 Å². The van der Waals surface area contributed by atoms with Crippen molar-refractivity contribution < 1.29 is 28.5 Å². The van der Waals surface area contributed by atoms with Gasteiger partial charge in [-0.3, -0.25) is 0 Å². The van der Waals surface area contributed by atoms with Gasteiger partial charge in [0, 0.05) is 27.2 Å². The zero-order valence-corrected chi connectivity index (χ0v) is 26.2. The molecule has 1 atom stereocenters. The normalized spacial score (nSPS) is 13.7. The van der Waals surface area contributed by atoms with Crippen LogP contribution in [0.1, 0.15) is 53.2 Å². The Morgan fingerprint density at radius 2 is 1.76 bits per heavy atom. The molecule has 1 aliphatic rings. The van der Waals surface area contributed by atoms with Crippen LogP contribution in [0.3, 0.4) is 0 Å². The van der Waals surface area contributed by atoms with Crippen molar-refractivity contribution in [2.45, 2.75) is 32.8 Å². The molecule has 4 aromatic carbocycles. The van der Waals surface area contributed by atoms with Gasteiger partial charge in [0.1, 0.15) is 41.1 Å². The van der Waals surface area contributed by atoms with Crippen LogP contribution >= 0.6 is 23.2 Å². The second-order valence-electron chi connectivity index (χ2n) is 10.0. The summed E-state index contributed by atoms with van der Waals surface area (Å²) in [5.41, 5.74) is 8.93. The summed E-state index contributed by atoms with van der Waals surface area (Å²) in [7, 11) is 0. The fourth-order valence-electron chi connectivity index (χ4n) is 4.86. The van der Waals surface area contributed by atoms with E-state index in [1.165, 1.54) is 0 Å². The van der Waals surface area contributed by atoms with E-state index in [0.29, 0.717) is 57.4 Å². The highest BCUT2D eigenvalue weighted by atomic mass is 35.5. The third-order valence-corrected chi connectivity index (χ3v) is 7.56. The van der Waals surface area contributed by atoms with E-state index in [-0.39, 0.29) is 23.8 Å². The molecule has 10 heteroatoms. The van der Waals surface area contributed by atoms with Crippen molar-refractivity contribution in [1.29, 1.82) is 5.26 Å². The fraction of sp³-hybridized carbons (Fsp3) is 0.200. The van der Waals surface area contributed by atoms with Crippen LogP contribution in [-0.2, 0) is 6.61 Å². The molecule has 1 heterocycles. The number of nitrogens with zero attached hydrogens (tertiary/aromatic N) is 1. The number of allylic oxidation sites excluding steroid dienone is 1. The number of hydrogen-bond acceptors (Lipinski definition) is 8. The largest absolute Gasteiger partial charge is 0.493 e. The Morgan fingerprint density at radius 3 is 2.51 bits per heavy atom. The molecule has 4 aromatic rings. The number of carbonyl (C=O) groups excluding carboxylic acids is 1. The average molecular weight is 646 g/mol. The highest BCUT2D eigenvalue weighted by Crippen LogP contribution is 2.45. The minimum absolute atomic E-state index is 0.0487. The molecule has 0 fully saturated rings. The van der Waals surface area contributed by atoms with E-state index >= 15 is 0 Å². The summed E-state index contributed by atoms with van der Waals surface area (Å²) in [5, 5.41) is 11.1. The SMILES string of the molecule is CCCOc1ccccc1C(=O)Oc1ccc2c(c1)OC(N)=C(C#N)C2c1ccc(OCc2ccc(Cl)cc2Cl)c(OCC)c1. The molecule has 1 aliphatic heterocycles. The number of ether oxygens (including phenoxy) is 5. The zero-order valence-electron chi connectivity index (χ0n) is 24.6. The molecule has 1 unspecified atom stereocenters. The van der Waals surface area contributed by atoms with Gasteiger partial charge in [0.2, 0.25) is 5.88 Å². The Morgan fingerprint density at radius 1 is 0.933 bits per heavy atom. The molecule has 0 bridgehead atoms. The third-order valence-electron chi connectivity index (χ3n) is 6.97. The molecule has 8 nitrogen and oxygen atoms in total. The molecular formula is C35H30Cl2N2O6. The van der Waals surface area contributed by atoms with Crippen molar-refractivity contribution in [2.75, 3.05) is 13.2 Å². The summed E-state index contributed by atoms with van der Waals surface area (Å²) in [6.07, 6.45) is 0.798. The molecule has 5 rings (SSSR count). The predicted octanol–water partition coefficient (Wildman–Crippen LogP) is 8.20. The molecule has 0 amide bonds. The molecule has 230 valence electrons. The van der Waals surface area contributed by atoms with E-state index in [0.717, 1.165) is 17.5 Å². The number of fused-ring (bicyclic) bond motifs is 1.